The summed E-state index contributed by atoms with van der Waals surface area (Å²) in [6, 6.07) is 0. The Bertz CT molecular complexity index is 344. The molecule has 0 saturated carbocycles. The lowest BCUT2D eigenvalue weighted by Gasteiger charge is -2.23. The standard InChI is InChI=1S/C12H23NO4P/c1-10(2)12(14)17-7-8-18(15)11(16-6)9-13(3,4)5/h1,7-9H2,2-6H3/q+1. The van der Waals surface area contributed by atoms with E-state index in [1.165, 1.54) is 7.11 Å². The van der Waals surface area contributed by atoms with Crippen molar-refractivity contribution in [2.24, 2.45) is 0 Å². The number of rotatable bonds is 7. The van der Waals surface area contributed by atoms with Crippen LogP contribution in [0.1, 0.15) is 6.92 Å². The van der Waals surface area contributed by atoms with Crippen LogP contribution in [0, 0.1) is 0 Å². The van der Waals surface area contributed by atoms with Gasteiger partial charge in [-0.3, -0.25) is 0 Å². The molecule has 1 atom stereocenters. The van der Waals surface area contributed by atoms with Gasteiger partial charge in [0, 0.05) is 12.7 Å². The van der Waals surface area contributed by atoms with Crippen molar-refractivity contribution < 1.29 is 23.6 Å². The number of likely N-dealkylation sites (N-methyl/N-ethyl adjacent to an activating group) is 1. The van der Waals surface area contributed by atoms with Gasteiger partial charge in [0.25, 0.3) is 5.48 Å². The van der Waals surface area contributed by atoms with E-state index in [0.29, 0.717) is 22.1 Å². The number of ether oxygens (including phenoxy) is 2. The van der Waals surface area contributed by atoms with Crippen molar-refractivity contribution in [2.45, 2.75) is 6.92 Å². The molecule has 0 spiro atoms. The van der Waals surface area contributed by atoms with Gasteiger partial charge in [-0.1, -0.05) is 6.58 Å². The van der Waals surface area contributed by atoms with Crippen LogP contribution in [0.3, 0.4) is 0 Å². The number of carbonyl (C=O) groups is 1. The molecular formula is C12H23NO4P+. The maximum absolute atomic E-state index is 12.0. The zero-order valence-corrected chi connectivity index (χ0v) is 12.8. The van der Waals surface area contributed by atoms with Crippen LogP contribution in [0.15, 0.2) is 12.2 Å². The van der Waals surface area contributed by atoms with Gasteiger partial charge >= 0.3 is 5.97 Å². The molecule has 0 heterocycles. The molecule has 0 fully saturated rings. The van der Waals surface area contributed by atoms with Gasteiger partial charge in [0.2, 0.25) is 0 Å². The van der Waals surface area contributed by atoms with Crippen molar-refractivity contribution in [1.82, 2.24) is 0 Å². The van der Waals surface area contributed by atoms with Gasteiger partial charge in [0.05, 0.1) is 28.9 Å². The molecule has 18 heavy (non-hydrogen) atoms. The van der Waals surface area contributed by atoms with Crippen LogP contribution in [-0.4, -0.2) is 63.5 Å². The maximum Gasteiger partial charge on any atom is 0.333 e. The van der Waals surface area contributed by atoms with Crippen LogP contribution in [-0.2, 0) is 14.3 Å². The molecule has 0 aromatic heterocycles. The minimum Gasteiger partial charge on any atom is -0.628 e. The Morgan fingerprint density at radius 3 is 2.33 bits per heavy atom. The summed E-state index contributed by atoms with van der Waals surface area (Å²) in [7, 11) is 5.84. The Labute approximate surface area is 110 Å². The van der Waals surface area contributed by atoms with Crippen LogP contribution in [0.25, 0.3) is 0 Å². The number of quaternary nitrogens is 1. The summed E-state index contributed by atoms with van der Waals surface area (Å²) >= 11 is 0. The first kappa shape index (κ1) is 17.3. The Morgan fingerprint density at radius 2 is 1.94 bits per heavy atom. The number of carbonyl (C=O) groups excluding carboxylic acids is 1. The highest BCUT2D eigenvalue weighted by Gasteiger charge is 2.19. The summed E-state index contributed by atoms with van der Waals surface area (Å²) in [5, 5.41) is 0. The van der Waals surface area contributed by atoms with Gasteiger partial charge in [0.15, 0.2) is 6.54 Å². The predicted octanol–water partition coefficient (Wildman–Crippen LogP) is 0.345. The van der Waals surface area contributed by atoms with Gasteiger partial charge in [0.1, 0.15) is 12.8 Å². The van der Waals surface area contributed by atoms with E-state index in [2.05, 4.69) is 6.58 Å². The van der Waals surface area contributed by atoms with Crippen molar-refractivity contribution in [1.29, 1.82) is 0 Å². The molecule has 0 N–H and O–H groups in total. The second kappa shape index (κ2) is 7.64. The molecule has 0 aliphatic carbocycles. The molecule has 0 aromatic rings. The number of esters is 1. The van der Waals surface area contributed by atoms with Crippen LogP contribution >= 0.6 is 7.77 Å². The number of hydrogen-bond donors (Lipinski definition) is 0. The van der Waals surface area contributed by atoms with Crippen molar-refractivity contribution in [2.75, 3.05) is 47.6 Å². The van der Waals surface area contributed by atoms with Crippen molar-refractivity contribution in [3.63, 3.8) is 0 Å². The van der Waals surface area contributed by atoms with E-state index in [4.69, 9.17) is 9.47 Å². The topological polar surface area (TPSA) is 58.6 Å². The largest absolute Gasteiger partial charge is 0.628 e. The van der Waals surface area contributed by atoms with Crippen molar-refractivity contribution in [3.05, 3.63) is 12.2 Å². The van der Waals surface area contributed by atoms with Gasteiger partial charge in [-0.25, -0.2) is 4.79 Å². The van der Waals surface area contributed by atoms with Gasteiger partial charge in [-0.2, -0.15) is 0 Å². The van der Waals surface area contributed by atoms with E-state index in [1.54, 1.807) is 6.92 Å². The first-order chi connectivity index (χ1) is 8.17. The van der Waals surface area contributed by atoms with Crippen molar-refractivity contribution >= 4 is 19.2 Å². The molecular weight excluding hydrogens is 253 g/mol. The average molecular weight is 276 g/mol. The zero-order chi connectivity index (χ0) is 14.3. The fourth-order valence-electron chi connectivity index (χ4n) is 1.12. The second-order valence-electron chi connectivity index (χ2n) is 5.06. The lowest BCUT2D eigenvalue weighted by molar-refractivity contribution is -0.861. The second-order valence-corrected chi connectivity index (χ2v) is 6.77. The van der Waals surface area contributed by atoms with E-state index in [-0.39, 0.29) is 12.8 Å². The van der Waals surface area contributed by atoms with Crippen LogP contribution in [0.2, 0.25) is 0 Å². The monoisotopic (exact) mass is 276 g/mol. The normalized spacial score (nSPS) is 13.0. The van der Waals surface area contributed by atoms with Crippen LogP contribution in [0.4, 0.5) is 0 Å². The maximum atomic E-state index is 12.0. The molecule has 0 rings (SSSR count). The van der Waals surface area contributed by atoms with E-state index < -0.39 is 13.7 Å². The molecule has 0 aliphatic rings. The average Bonchev–Trinajstić information content (AvgIpc) is 2.23. The van der Waals surface area contributed by atoms with E-state index >= 15 is 0 Å². The summed E-state index contributed by atoms with van der Waals surface area (Å²) in [4.78, 5) is 23.1. The fourth-order valence-corrected chi connectivity index (χ4v) is 2.41. The molecule has 0 amide bonds. The zero-order valence-electron chi connectivity index (χ0n) is 11.9. The Morgan fingerprint density at radius 1 is 1.39 bits per heavy atom. The minimum atomic E-state index is -1.64. The van der Waals surface area contributed by atoms with E-state index in [0.717, 1.165) is 0 Å². The summed E-state index contributed by atoms with van der Waals surface area (Å²) in [6.07, 6.45) is 0.275. The number of methoxy groups -OCH3 is 1. The van der Waals surface area contributed by atoms with Crippen molar-refractivity contribution in [3.8, 4) is 0 Å². The predicted molar refractivity (Wildman–Crippen MR) is 72.5 cm³/mol. The lowest BCUT2D eigenvalue weighted by Crippen LogP contribution is -2.40. The molecule has 0 radical (unpaired) electrons. The third kappa shape index (κ3) is 7.56. The molecule has 0 saturated heterocycles. The Kier molecular flexibility index (Phi) is 7.33. The van der Waals surface area contributed by atoms with Gasteiger partial charge in [-0.05, 0) is 6.92 Å². The van der Waals surface area contributed by atoms with Gasteiger partial charge < -0.3 is 18.9 Å². The number of hydrogen-bond acceptors (Lipinski definition) is 4. The first-order valence-electron chi connectivity index (χ1n) is 5.65. The SMILES string of the molecule is C=C(C)C(=O)OCC[P+]([O-])=C(C[N+](C)(C)C)OC. The molecule has 6 heteroatoms. The molecule has 5 nitrogen and oxygen atoms in total. The van der Waals surface area contributed by atoms with Gasteiger partial charge in [-0.15, -0.1) is 0 Å². The highest BCUT2D eigenvalue weighted by atomic mass is 31.1. The molecule has 0 bridgehead atoms. The van der Waals surface area contributed by atoms with E-state index in [1.807, 2.05) is 21.1 Å². The number of nitrogens with zero attached hydrogens (tertiary/aromatic N) is 1. The quantitative estimate of drug-likeness (QED) is 0.291. The first-order valence-corrected chi connectivity index (χ1v) is 7.09. The summed E-state index contributed by atoms with van der Waals surface area (Å²) in [6.45, 7) is 5.73. The molecule has 0 aliphatic heterocycles. The smallest absolute Gasteiger partial charge is 0.333 e. The molecule has 1 unspecified atom stereocenters. The summed E-state index contributed by atoms with van der Waals surface area (Å²) in [5.41, 5.74) is 0.886. The Hall–Kier alpha value is -0.740. The highest BCUT2D eigenvalue weighted by Crippen LogP contribution is 2.15. The minimum absolute atomic E-state index is 0.116. The molecule has 104 valence electrons. The van der Waals surface area contributed by atoms with E-state index in [9.17, 15) is 9.69 Å². The van der Waals surface area contributed by atoms with Crippen LogP contribution < -0.4 is 4.89 Å². The third-order valence-corrected chi connectivity index (χ3v) is 3.47. The third-order valence-electron chi connectivity index (χ3n) is 2.00. The Balaban J connectivity index is 4.37. The molecule has 0 aromatic carbocycles. The highest BCUT2D eigenvalue weighted by molar-refractivity contribution is 7.51. The lowest BCUT2D eigenvalue weighted by atomic mass is 10.4. The van der Waals surface area contributed by atoms with Crippen LogP contribution in [0.5, 0.6) is 0 Å². The summed E-state index contributed by atoms with van der Waals surface area (Å²) < 4.78 is 10.7. The fraction of sp³-hybridized carbons (Fsp3) is 0.667. The summed E-state index contributed by atoms with van der Waals surface area (Å²) in [5.74, 6) is -0.455.